The van der Waals surface area contributed by atoms with Crippen LogP contribution in [0.4, 0.5) is 0 Å². The van der Waals surface area contributed by atoms with Gasteiger partial charge in [0.25, 0.3) is 0 Å². The van der Waals surface area contributed by atoms with E-state index < -0.39 is 0 Å². The average molecular weight is 258 g/mol. The average Bonchev–Trinajstić information content (AvgIpc) is 2.55. The maximum atomic E-state index is 4.21. The van der Waals surface area contributed by atoms with Crippen molar-refractivity contribution in [1.82, 2.24) is 9.97 Å². The summed E-state index contributed by atoms with van der Waals surface area (Å²) in [5, 5.41) is 0. The number of hydrogen-bond donors (Lipinski definition) is 0. The first kappa shape index (κ1) is 12.3. The second kappa shape index (κ2) is 5.93. The molecule has 0 fully saturated rings. The van der Waals surface area contributed by atoms with Crippen LogP contribution in [-0.2, 0) is 0 Å². The lowest BCUT2D eigenvalue weighted by Gasteiger charge is -2.07. The molecule has 2 heterocycles. The molecule has 0 saturated carbocycles. The van der Waals surface area contributed by atoms with E-state index in [-0.39, 0.29) is 0 Å². The summed E-state index contributed by atoms with van der Waals surface area (Å²) in [6.45, 7) is 0. The van der Waals surface area contributed by atoms with Crippen LogP contribution in [0.15, 0.2) is 79.4 Å². The highest BCUT2D eigenvalue weighted by molar-refractivity contribution is 5.90. The van der Waals surface area contributed by atoms with E-state index in [9.17, 15) is 0 Å². The van der Waals surface area contributed by atoms with Gasteiger partial charge < -0.3 is 0 Å². The number of hydrogen-bond acceptors (Lipinski definition) is 2. The van der Waals surface area contributed by atoms with Gasteiger partial charge in [0.1, 0.15) is 0 Å². The molecule has 0 aliphatic rings. The fraction of sp³-hybridized carbons (Fsp3) is 0. The summed E-state index contributed by atoms with van der Waals surface area (Å²) in [4.78, 5) is 8.42. The Hall–Kier alpha value is -2.74. The summed E-state index contributed by atoms with van der Waals surface area (Å²) in [6.07, 6.45) is 9.48. The predicted molar refractivity (Wildman–Crippen MR) is 81.9 cm³/mol. The minimum Gasteiger partial charge on any atom is -0.264 e. The van der Waals surface area contributed by atoms with Crippen LogP contribution in [0.2, 0.25) is 0 Å². The van der Waals surface area contributed by atoms with Crippen molar-refractivity contribution < 1.29 is 0 Å². The smallest absolute Gasteiger partial charge is 0.0346 e. The van der Waals surface area contributed by atoms with Crippen molar-refractivity contribution in [2.24, 2.45) is 0 Å². The minimum absolute atomic E-state index is 1.09. The first-order valence-electron chi connectivity index (χ1n) is 6.51. The molecular weight excluding hydrogens is 244 g/mol. The fourth-order valence-corrected chi connectivity index (χ4v) is 2.09. The molecule has 0 radical (unpaired) electrons. The Bertz CT molecular complexity index is 648. The van der Waals surface area contributed by atoms with Gasteiger partial charge in [-0.1, -0.05) is 42.5 Å². The third-order valence-corrected chi connectivity index (χ3v) is 3.06. The summed E-state index contributed by atoms with van der Waals surface area (Å²) in [6, 6.07) is 18.3. The van der Waals surface area contributed by atoms with Crippen molar-refractivity contribution in [2.45, 2.75) is 0 Å². The molecule has 2 aromatic heterocycles. The van der Waals surface area contributed by atoms with E-state index in [1.165, 1.54) is 0 Å². The molecule has 3 rings (SSSR count). The van der Waals surface area contributed by atoms with Gasteiger partial charge in [0.2, 0.25) is 0 Å². The van der Waals surface area contributed by atoms with Gasteiger partial charge in [0.15, 0.2) is 0 Å². The zero-order valence-corrected chi connectivity index (χ0v) is 11.0. The van der Waals surface area contributed by atoms with E-state index in [4.69, 9.17) is 0 Å². The first-order chi connectivity index (χ1) is 9.93. The first-order valence-corrected chi connectivity index (χ1v) is 6.51. The highest BCUT2D eigenvalue weighted by Gasteiger charge is 2.05. The normalized spacial score (nSPS) is 10.0. The number of nitrogens with zero attached hydrogens (tertiary/aromatic N) is 2. The van der Waals surface area contributed by atoms with Gasteiger partial charge in [-0.2, -0.15) is 0 Å². The Morgan fingerprint density at radius 2 is 1.30 bits per heavy atom. The highest BCUT2D eigenvalue weighted by Crippen LogP contribution is 2.24. The fourth-order valence-electron chi connectivity index (χ4n) is 2.09. The van der Waals surface area contributed by atoms with Crippen LogP contribution in [0.1, 0.15) is 16.7 Å². The SMILES string of the molecule is C(=C(c1cccnc1)c1cccnc1)c1ccccc1. The van der Waals surface area contributed by atoms with Crippen molar-refractivity contribution in [3.05, 3.63) is 96.1 Å². The molecule has 0 amide bonds. The van der Waals surface area contributed by atoms with Crippen molar-refractivity contribution in [1.29, 1.82) is 0 Å². The second-order valence-corrected chi connectivity index (χ2v) is 4.45. The van der Waals surface area contributed by atoms with Crippen LogP contribution >= 0.6 is 0 Å². The number of aromatic nitrogens is 2. The minimum atomic E-state index is 1.09. The molecule has 20 heavy (non-hydrogen) atoms. The number of pyridine rings is 2. The lowest BCUT2D eigenvalue weighted by molar-refractivity contribution is 1.29. The summed E-state index contributed by atoms with van der Waals surface area (Å²) >= 11 is 0. The van der Waals surface area contributed by atoms with Crippen LogP contribution in [0.3, 0.4) is 0 Å². The van der Waals surface area contributed by atoms with E-state index in [1.807, 2.05) is 42.7 Å². The Labute approximate surface area is 118 Å². The summed E-state index contributed by atoms with van der Waals surface area (Å²) in [5.41, 5.74) is 4.46. The van der Waals surface area contributed by atoms with Crippen LogP contribution in [0.5, 0.6) is 0 Å². The molecule has 0 N–H and O–H groups in total. The number of benzene rings is 1. The third kappa shape index (κ3) is 2.81. The van der Waals surface area contributed by atoms with E-state index in [0.29, 0.717) is 0 Å². The molecule has 3 aromatic rings. The Morgan fingerprint density at radius 1 is 0.700 bits per heavy atom. The quantitative estimate of drug-likeness (QED) is 0.708. The van der Waals surface area contributed by atoms with Crippen molar-refractivity contribution in [3.8, 4) is 0 Å². The topological polar surface area (TPSA) is 25.8 Å². The Morgan fingerprint density at radius 3 is 1.80 bits per heavy atom. The third-order valence-electron chi connectivity index (χ3n) is 3.06. The van der Waals surface area contributed by atoms with Gasteiger partial charge in [0, 0.05) is 35.9 Å². The monoisotopic (exact) mass is 258 g/mol. The maximum absolute atomic E-state index is 4.21. The molecular formula is C18H14N2. The maximum Gasteiger partial charge on any atom is 0.0346 e. The molecule has 0 atom stereocenters. The van der Waals surface area contributed by atoms with Crippen molar-refractivity contribution in [2.75, 3.05) is 0 Å². The standard InChI is InChI=1S/C18H14N2/c1-2-6-15(7-3-1)12-18(16-8-4-10-19-13-16)17-9-5-11-20-14-17/h1-14H. The van der Waals surface area contributed by atoms with E-state index in [1.54, 1.807) is 12.4 Å². The summed E-state index contributed by atoms with van der Waals surface area (Å²) < 4.78 is 0. The van der Waals surface area contributed by atoms with Gasteiger partial charge in [-0.25, -0.2) is 0 Å². The zero-order chi connectivity index (χ0) is 13.6. The molecule has 1 aromatic carbocycles. The van der Waals surface area contributed by atoms with Crippen LogP contribution < -0.4 is 0 Å². The van der Waals surface area contributed by atoms with Gasteiger partial charge in [-0.05, 0) is 29.3 Å². The predicted octanol–water partition coefficient (Wildman–Crippen LogP) is 4.07. The van der Waals surface area contributed by atoms with Crippen molar-refractivity contribution >= 4 is 11.6 Å². The molecule has 2 nitrogen and oxygen atoms in total. The van der Waals surface area contributed by atoms with E-state index in [0.717, 1.165) is 22.3 Å². The summed E-state index contributed by atoms with van der Waals surface area (Å²) in [7, 11) is 0. The largest absolute Gasteiger partial charge is 0.264 e. The molecule has 96 valence electrons. The molecule has 0 spiro atoms. The summed E-state index contributed by atoms with van der Waals surface area (Å²) in [5.74, 6) is 0. The molecule has 0 unspecified atom stereocenters. The van der Waals surface area contributed by atoms with Gasteiger partial charge >= 0.3 is 0 Å². The molecule has 0 aliphatic heterocycles. The molecule has 0 aliphatic carbocycles. The Kier molecular flexibility index (Phi) is 3.65. The van der Waals surface area contributed by atoms with E-state index >= 15 is 0 Å². The van der Waals surface area contributed by atoms with Crippen LogP contribution in [0.25, 0.3) is 11.6 Å². The van der Waals surface area contributed by atoms with Crippen LogP contribution in [0, 0.1) is 0 Å². The van der Waals surface area contributed by atoms with Crippen LogP contribution in [-0.4, -0.2) is 9.97 Å². The number of rotatable bonds is 3. The van der Waals surface area contributed by atoms with Gasteiger partial charge in [-0.3, -0.25) is 9.97 Å². The molecule has 0 saturated heterocycles. The van der Waals surface area contributed by atoms with Gasteiger partial charge in [-0.15, -0.1) is 0 Å². The lowest BCUT2D eigenvalue weighted by Crippen LogP contribution is -1.90. The van der Waals surface area contributed by atoms with E-state index in [2.05, 4.69) is 40.3 Å². The van der Waals surface area contributed by atoms with Gasteiger partial charge in [0.05, 0.1) is 0 Å². The second-order valence-electron chi connectivity index (χ2n) is 4.45. The highest BCUT2D eigenvalue weighted by atomic mass is 14.6. The van der Waals surface area contributed by atoms with Crippen molar-refractivity contribution in [3.63, 3.8) is 0 Å². The lowest BCUT2D eigenvalue weighted by atomic mass is 9.98. The molecule has 2 heteroatoms. The molecule has 0 bridgehead atoms. The Balaban J connectivity index is 2.12. The zero-order valence-electron chi connectivity index (χ0n) is 11.0.